The average molecular weight is 293 g/mol. The fraction of sp³-hybridized carbons (Fsp3) is 0.467. The lowest BCUT2D eigenvalue weighted by molar-refractivity contribution is -0.131. The van der Waals surface area contributed by atoms with Gasteiger partial charge in [0.2, 0.25) is 11.8 Å². The van der Waals surface area contributed by atoms with Gasteiger partial charge in [-0.2, -0.15) is 0 Å². The van der Waals surface area contributed by atoms with Crippen molar-refractivity contribution in [3.05, 3.63) is 34.9 Å². The molecule has 1 N–H and O–H groups in total. The van der Waals surface area contributed by atoms with Gasteiger partial charge in [0.25, 0.3) is 0 Å². The molecular weight excluding hydrogens is 276 g/mol. The Morgan fingerprint density at radius 3 is 3.00 bits per heavy atom. The molecule has 0 bridgehead atoms. The van der Waals surface area contributed by atoms with Crippen LogP contribution in [0.4, 0.5) is 0 Å². The van der Waals surface area contributed by atoms with Crippen LogP contribution in [-0.4, -0.2) is 35.8 Å². The molecule has 2 atom stereocenters. The Balaban J connectivity index is 1.52. The molecule has 2 heterocycles. The molecule has 5 heteroatoms. The quantitative estimate of drug-likeness (QED) is 0.920. The summed E-state index contributed by atoms with van der Waals surface area (Å²) in [6.45, 7) is 1.36. The topological polar surface area (TPSA) is 49.4 Å². The van der Waals surface area contributed by atoms with Crippen molar-refractivity contribution < 1.29 is 9.59 Å². The minimum absolute atomic E-state index is 0.117. The summed E-state index contributed by atoms with van der Waals surface area (Å²) >= 11 is 5.93. The van der Waals surface area contributed by atoms with Crippen LogP contribution in [0.1, 0.15) is 18.4 Å². The number of aryl methyl sites for hydroxylation is 1. The molecule has 1 aromatic rings. The van der Waals surface area contributed by atoms with Crippen molar-refractivity contribution in [3.8, 4) is 0 Å². The van der Waals surface area contributed by atoms with Gasteiger partial charge < -0.3 is 10.2 Å². The van der Waals surface area contributed by atoms with Crippen molar-refractivity contribution in [2.24, 2.45) is 5.92 Å². The first kappa shape index (κ1) is 13.4. The highest BCUT2D eigenvalue weighted by Crippen LogP contribution is 2.26. The summed E-state index contributed by atoms with van der Waals surface area (Å²) in [5.41, 5.74) is 1.08. The number of nitrogens with zero attached hydrogens (tertiary/aromatic N) is 1. The Kier molecular flexibility index (Phi) is 3.66. The van der Waals surface area contributed by atoms with Gasteiger partial charge in [-0.1, -0.05) is 23.7 Å². The maximum absolute atomic E-state index is 12.2. The molecule has 0 aromatic heterocycles. The van der Waals surface area contributed by atoms with E-state index in [2.05, 4.69) is 5.32 Å². The third kappa shape index (κ3) is 2.80. The minimum atomic E-state index is 0.117. The number of carbonyl (C=O) groups excluding carboxylic acids is 2. The van der Waals surface area contributed by atoms with E-state index >= 15 is 0 Å². The molecule has 4 nitrogen and oxygen atoms in total. The normalized spacial score (nSPS) is 24.6. The van der Waals surface area contributed by atoms with Gasteiger partial charge in [0.15, 0.2) is 0 Å². The van der Waals surface area contributed by atoms with Crippen molar-refractivity contribution in [1.29, 1.82) is 0 Å². The molecule has 2 fully saturated rings. The van der Waals surface area contributed by atoms with E-state index < -0.39 is 0 Å². The van der Waals surface area contributed by atoms with E-state index in [4.69, 9.17) is 11.6 Å². The number of halogens is 1. The second-order valence-electron chi connectivity index (χ2n) is 5.57. The number of hydrogen-bond acceptors (Lipinski definition) is 2. The molecule has 2 aliphatic heterocycles. The molecule has 0 unspecified atom stereocenters. The second kappa shape index (κ2) is 5.44. The van der Waals surface area contributed by atoms with Crippen molar-refractivity contribution >= 4 is 23.4 Å². The van der Waals surface area contributed by atoms with Crippen molar-refractivity contribution in [2.45, 2.75) is 25.3 Å². The lowest BCUT2D eigenvalue weighted by atomic mass is 10.1. The van der Waals surface area contributed by atoms with E-state index in [-0.39, 0.29) is 17.9 Å². The maximum atomic E-state index is 12.2. The number of hydrogen-bond donors (Lipinski definition) is 1. The van der Waals surface area contributed by atoms with Crippen LogP contribution in [0.2, 0.25) is 5.02 Å². The number of nitrogens with one attached hydrogen (secondary N) is 1. The highest BCUT2D eigenvalue weighted by molar-refractivity contribution is 6.30. The van der Waals surface area contributed by atoms with Crippen LogP contribution in [0.5, 0.6) is 0 Å². The predicted molar refractivity (Wildman–Crippen MR) is 76.4 cm³/mol. The molecule has 20 heavy (non-hydrogen) atoms. The molecular formula is C15H17ClN2O2. The Morgan fingerprint density at radius 1 is 1.40 bits per heavy atom. The van der Waals surface area contributed by atoms with E-state index in [9.17, 15) is 9.59 Å². The fourth-order valence-corrected chi connectivity index (χ4v) is 3.26. The number of rotatable bonds is 3. The van der Waals surface area contributed by atoms with E-state index in [1.807, 2.05) is 29.2 Å². The number of amides is 2. The Bertz CT molecular complexity index is 530. The first-order valence-electron chi connectivity index (χ1n) is 6.93. The third-order valence-electron chi connectivity index (χ3n) is 4.10. The van der Waals surface area contributed by atoms with Crippen LogP contribution in [-0.2, 0) is 16.0 Å². The SMILES string of the molecule is O=C1C[C@H]2CN(C(=O)CCc3cccc(Cl)c3)C[C@H]2N1. The molecule has 0 saturated carbocycles. The molecule has 3 rings (SSSR count). The van der Waals surface area contributed by atoms with Crippen LogP contribution in [0.15, 0.2) is 24.3 Å². The van der Waals surface area contributed by atoms with Crippen LogP contribution in [0.3, 0.4) is 0 Å². The molecule has 2 saturated heterocycles. The monoisotopic (exact) mass is 292 g/mol. The van der Waals surface area contributed by atoms with E-state index in [0.717, 1.165) is 5.56 Å². The highest BCUT2D eigenvalue weighted by atomic mass is 35.5. The maximum Gasteiger partial charge on any atom is 0.222 e. The first-order valence-corrected chi connectivity index (χ1v) is 7.31. The van der Waals surface area contributed by atoms with Gasteiger partial charge in [-0.25, -0.2) is 0 Å². The Labute approximate surface area is 123 Å². The molecule has 0 radical (unpaired) electrons. The zero-order valence-corrected chi connectivity index (χ0v) is 11.9. The molecule has 0 aliphatic carbocycles. The number of carbonyl (C=O) groups is 2. The van der Waals surface area contributed by atoms with Gasteiger partial charge in [0.05, 0.1) is 6.04 Å². The molecule has 2 aliphatic rings. The lowest BCUT2D eigenvalue weighted by Crippen LogP contribution is -2.35. The first-order chi connectivity index (χ1) is 9.61. The molecule has 0 spiro atoms. The standard InChI is InChI=1S/C15H17ClN2O2/c16-12-3-1-2-10(6-12)4-5-15(20)18-8-11-7-14(19)17-13(11)9-18/h1-3,6,11,13H,4-5,7-9H2,(H,17,19)/t11-,13+/m0/s1. The van der Waals surface area contributed by atoms with Gasteiger partial charge in [0, 0.05) is 36.9 Å². The van der Waals surface area contributed by atoms with E-state index in [1.54, 1.807) is 0 Å². The fourth-order valence-electron chi connectivity index (χ4n) is 3.05. The van der Waals surface area contributed by atoms with Gasteiger partial charge in [-0.05, 0) is 24.1 Å². The number of benzene rings is 1. The Morgan fingerprint density at radius 2 is 2.25 bits per heavy atom. The summed E-state index contributed by atoms with van der Waals surface area (Å²) in [7, 11) is 0. The Hall–Kier alpha value is -1.55. The van der Waals surface area contributed by atoms with Crippen LogP contribution < -0.4 is 5.32 Å². The summed E-state index contributed by atoms with van der Waals surface area (Å²) in [5, 5.41) is 3.63. The van der Waals surface area contributed by atoms with Gasteiger partial charge >= 0.3 is 0 Å². The third-order valence-corrected chi connectivity index (χ3v) is 4.34. The van der Waals surface area contributed by atoms with Crippen molar-refractivity contribution in [2.75, 3.05) is 13.1 Å². The smallest absolute Gasteiger partial charge is 0.222 e. The van der Waals surface area contributed by atoms with E-state index in [1.165, 1.54) is 0 Å². The summed E-state index contributed by atoms with van der Waals surface area (Å²) in [4.78, 5) is 25.3. The van der Waals surface area contributed by atoms with Gasteiger partial charge in [0.1, 0.15) is 0 Å². The highest BCUT2D eigenvalue weighted by Gasteiger charge is 2.41. The van der Waals surface area contributed by atoms with Crippen LogP contribution in [0, 0.1) is 5.92 Å². The summed E-state index contributed by atoms with van der Waals surface area (Å²) in [6.07, 6.45) is 1.76. The minimum Gasteiger partial charge on any atom is -0.351 e. The number of fused-ring (bicyclic) bond motifs is 1. The lowest BCUT2D eigenvalue weighted by Gasteiger charge is -2.17. The van der Waals surface area contributed by atoms with Crippen molar-refractivity contribution in [1.82, 2.24) is 10.2 Å². The van der Waals surface area contributed by atoms with Gasteiger partial charge in [-0.15, -0.1) is 0 Å². The van der Waals surface area contributed by atoms with Crippen LogP contribution in [0.25, 0.3) is 0 Å². The summed E-state index contributed by atoms with van der Waals surface area (Å²) in [6, 6.07) is 7.78. The largest absolute Gasteiger partial charge is 0.351 e. The number of likely N-dealkylation sites (tertiary alicyclic amines) is 1. The molecule has 106 valence electrons. The molecule has 1 aromatic carbocycles. The van der Waals surface area contributed by atoms with Crippen LogP contribution >= 0.6 is 11.6 Å². The van der Waals surface area contributed by atoms with Crippen molar-refractivity contribution in [3.63, 3.8) is 0 Å². The summed E-state index contributed by atoms with van der Waals surface area (Å²) in [5.74, 6) is 0.581. The zero-order chi connectivity index (χ0) is 14.1. The summed E-state index contributed by atoms with van der Waals surface area (Å²) < 4.78 is 0. The molecule has 2 amide bonds. The predicted octanol–water partition coefficient (Wildman–Crippen LogP) is 1.62. The second-order valence-corrected chi connectivity index (χ2v) is 6.00. The van der Waals surface area contributed by atoms with E-state index in [0.29, 0.717) is 43.3 Å². The van der Waals surface area contributed by atoms with Gasteiger partial charge in [-0.3, -0.25) is 9.59 Å². The zero-order valence-electron chi connectivity index (χ0n) is 11.1. The average Bonchev–Trinajstić information content (AvgIpc) is 2.93.